The fourth-order valence-electron chi connectivity index (χ4n) is 9.16. The van der Waals surface area contributed by atoms with Crippen molar-refractivity contribution in [1.82, 2.24) is 0 Å². The summed E-state index contributed by atoms with van der Waals surface area (Å²) in [6.07, 6.45) is 18.5. The molecule has 0 aliphatic heterocycles. The van der Waals surface area contributed by atoms with Crippen molar-refractivity contribution in [2.75, 3.05) is 14.2 Å². The second-order valence-electron chi connectivity index (χ2n) is 11.7. The van der Waals surface area contributed by atoms with Crippen LogP contribution in [0, 0.1) is 52.9 Å². The molecule has 34 heavy (non-hydrogen) atoms. The highest BCUT2D eigenvalue weighted by Gasteiger charge is 2.72. The zero-order valence-electron chi connectivity index (χ0n) is 22.2. The minimum atomic E-state index is -0.0199. The number of rotatable bonds is 3. The largest absolute Gasteiger partial charge is 0.388 e. The molecule has 5 rings (SSSR count). The van der Waals surface area contributed by atoms with Gasteiger partial charge in [-0.25, -0.2) is 0 Å². The molecule has 0 spiro atoms. The minimum absolute atomic E-state index is 0.0199. The third-order valence-electron chi connectivity index (χ3n) is 10.3. The maximum atomic E-state index is 6.24. The van der Waals surface area contributed by atoms with Crippen molar-refractivity contribution in [2.24, 2.45) is 46.3 Å². The lowest BCUT2D eigenvalue weighted by Crippen LogP contribution is -2.60. The van der Waals surface area contributed by atoms with Gasteiger partial charge in [-0.05, 0) is 61.5 Å². The highest BCUT2D eigenvalue weighted by molar-refractivity contribution is 5.47. The van der Waals surface area contributed by atoms with Crippen LogP contribution in [-0.4, -0.2) is 20.3 Å². The molecule has 7 unspecified atom stereocenters. The summed E-state index contributed by atoms with van der Waals surface area (Å²) in [5, 5.41) is 0. The van der Waals surface area contributed by atoms with Crippen molar-refractivity contribution in [1.29, 1.82) is 0 Å². The molecule has 2 heteroatoms. The number of allylic oxidation sites excluding steroid dienone is 10. The monoisotopic (exact) mass is 458 g/mol. The Bertz CT molecular complexity index is 1020. The molecule has 0 aromatic carbocycles. The lowest BCUT2D eigenvalue weighted by molar-refractivity contribution is -0.0625. The first kappa shape index (κ1) is 25.0. The fourth-order valence-corrected chi connectivity index (χ4v) is 9.16. The average Bonchev–Trinajstić information content (AvgIpc) is 3.50. The summed E-state index contributed by atoms with van der Waals surface area (Å²) in [7, 11) is 3.25. The Labute approximate surface area is 208 Å². The van der Waals surface area contributed by atoms with E-state index in [1.54, 1.807) is 30.9 Å². The highest BCUT2D eigenvalue weighted by Crippen LogP contribution is 2.73. The van der Waals surface area contributed by atoms with Gasteiger partial charge in [0.2, 0.25) is 0 Å². The molecule has 0 N–H and O–H groups in total. The molecule has 2 nitrogen and oxygen atoms in total. The van der Waals surface area contributed by atoms with Crippen LogP contribution in [0.15, 0.2) is 71.9 Å². The van der Waals surface area contributed by atoms with E-state index < -0.39 is 0 Å². The third kappa shape index (κ3) is 3.30. The maximum Gasteiger partial charge on any atom is 0.279 e. The normalized spacial score (nSPS) is 44.0. The third-order valence-corrected chi connectivity index (χ3v) is 10.3. The van der Waals surface area contributed by atoms with Gasteiger partial charge in [0.15, 0.2) is 0 Å². The first-order valence-electron chi connectivity index (χ1n) is 13.1. The van der Waals surface area contributed by atoms with Crippen LogP contribution < -0.4 is 0 Å². The van der Waals surface area contributed by atoms with Gasteiger partial charge < -0.3 is 4.74 Å². The number of fused-ring (bicyclic) bond motifs is 4. The minimum Gasteiger partial charge on any atom is -0.388 e. The lowest BCUT2D eigenvalue weighted by Gasteiger charge is -2.60. The fraction of sp³-hybridized carbons (Fsp3) is 0.594. The quantitative estimate of drug-likeness (QED) is 0.390. The van der Waals surface area contributed by atoms with Crippen LogP contribution in [0.1, 0.15) is 53.4 Å². The molecular formula is C32H44NO+. The molecule has 2 fully saturated rings. The van der Waals surface area contributed by atoms with Crippen LogP contribution in [0.2, 0.25) is 0 Å². The molecule has 0 aromatic rings. The zero-order chi connectivity index (χ0) is 24.8. The van der Waals surface area contributed by atoms with Gasteiger partial charge in [-0.15, -0.1) is 6.58 Å². The lowest BCUT2D eigenvalue weighted by atomic mass is 9.41. The Balaban J connectivity index is 0.000000868. The van der Waals surface area contributed by atoms with Crippen molar-refractivity contribution < 1.29 is 4.74 Å². The number of nitrogens with zero attached hydrogens (tertiary/aromatic N) is 1. The molecule has 5 aliphatic rings. The van der Waals surface area contributed by atoms with Gasteiger partial charge in [-0.1, -0.05) is 79.8 Å². The van der Waals surface area contributed by atoms with Gasteiger partial charge in [0.05, 0.1) is 5.92 Å². The molecule has 0 bridgehead atoms. The molecule has 2 saturated carbocycles. The van der Waals surface area contributed by atoms with E-state index in [2.05, 4.69) is 86.9 Å². The summed E-state index contributed by atoms with van der Waals surface area (Å²) in [6, 6.07) is 0.183. The Hall–Kier alpha value is -2.11. The predicted octanol–water partition coefficient (Wildman–Crippen LogP) is 8.04. The van der Waals surface area contributed by atoms with Gasteiger partial charge in [0.25, 0.3) is 12.6 Å². The van der Waals surface area contributed by atoms with E-state index in [0.717, 1.165) is 12.8 Å². The Morgan fingerprint density at radius 3 is 2.50 bits per heavy atom. The van der Waals surface area contributed by atoms with E-state index >= 15 is 0 Å². The smallest absolute Gasteiger partial charge is 0.279 e. The zero-order valence-corrected chi connectivity index (χ0v) is 22.2. The van der Waals surface area contributed by atoms with Crippen molar-refractivity contribution >= 4 is 0 Å². The SMILES string of the molecule is C#[N+][C@H]1C2CC3C[C@@H](C4=CCC=C4)C(C)=C3C2(C)C(CC=C)C2(C)C(=C)C=CC(C)C12.COC. The van der Waals surface area contributed by atoms with E-state index in [9.17, 15) is 0 Å². The van der Waals surface area contributed by atoms with Crippen LogP contribution in [0.25, 0.3) is 4.85 Å². The van der Waals surface area contributed by atoms with Crippen LogP contribution >= 0.6 is 0 Å². The topological polar surface area (TPSA) is 13.6 Å². The standard InChI is InChI=1S/C30H38N.C2H6O/c1-8-11-25-29(5)19(3)15-14-18(2)26(29)28(31-7)24-17-22-16-23(21-12-9-10-13-21)20(4)27(22)30(24,25)6;1-3-2/h7-9,12-15,18,22-26,28H,1,3,10-11,16-17H2,2,4-6H3;1-2H3/q+1;/t18?,22?,23-,24?,25?,26?,28+,29?,30?;/m1./s1. The van der Waals surface area contributed by atoms with Crippen molar-refractivity contribution in [3.05, 3.63) is 76.8 Å². The molecule has 0 aromatic heterocycles. The Morgan fingerprint density at radius 1 is 1.21 bits per heavy atom. The van der Waals surface area contributed by atoms with Gasteiger partial charge in [-0.3, -0.25) is 0 Å². The molecule has 0 radical (unpaired) electrons. The Morgan fingerprint density at radius 2 is 1.91 bits per heavy atom. The molecule has 0 amide bonds. The van der Waals surface area contributed by atoms with Crippen LogP contribution in [-0.2, 0) is 4.74 Å². The average molecular weight is 459 g/mol. The first-order chi connectivity index (χ1) is 16.2. The highest BCUT2D eigenvalue weighted by atomic mass is 16.4. The molecular weight excluding hydrogens is 414 g/mol. The van der Waals surface area contributed by atoms with Crippen molar-refractivity contribution in [3.63, 3.8) is 0 Å². The number of hydrogen-bond donors (Lipinski definition) is 0. The molecule has 0 saturated heterocycles. The number of ether oxygens (including phenoxy) is 1. The summed E-state index contributed by atoms with van der Waals surface area (Å²) in [5.41, 5.74) is 6.23. The van der Waals surface area contributed by atoms with E-state index in [1.807, 2.05) is 0 Å². The summed E-state index contributed by atoms with van der Waals surface area (Å²) in [4.78, 5) is 4.65. The van der Waals surface area contributed by atoms with Crippen LogP contribution in [0.5, 0.6) is 0 Å². The number of hydrogen-bond acceptors (Lipinski definition) is 1. The maximum absolute atomic E-state index is 6.24. The number of methoxy groups -OCH3 is 1. The summed E-state index contributed by atoms with van der Waals surface area (Å²) < 4.78 is 4.25. The Kier molecular flexibility index (Phi) is 6.73. The van der Waals surface area contributed by atoms with Gasteiger partial charge >= 0.3 is 0 Å². The van der Waals surface area contributed by atoms with E-state index in [1.165, 1.54) is 18.4 Å². The van der Waals surface area contributed by atoms with Crippen LogP contribution in [0.3, 0.4) is 0 Å². The molecule has 5 aliphatic carbocycles. The van der Waals surface area contributed by atoms with Crippen molar-refractivity contribution in [3.8, 4) is 6.57 Å². The van der Waals surface area contributed by atoms with E-state index in [4.69, 9.17) is 6.57 Å². The summed E-state index contributed by atoms with van der Waals surface area (Å²) >= 11 is 0. The van der Waals surface area contributed by atoms with Crippen molar-refractivity contribution in [2.45, 2.75) is 59.4 Å². The molecule has 9 atom stereocenters. The predicted molar refractivity (Wildman–Crippen MR) is 145 cm³/mol. The van der Waals surface area contributed by atoms with Gasteiger partial charge in [0.1, 0.15) is 0 Å². The van der Waals surface area contributed by atoms with Crippen LogP contribution in [0.4, 0.5) is 0 Å². The second-order valence-corrected chi connectivity index (χ2v) is 11.7. The van der Waals surface area contributed by atoms with E-state index in [0.29, 0.717) is 35.5 Å². The molecule has 182 valence electrons. The van der Waals surface area contributed by atoms with Gasteiger partial charge in [-0.2, -0.15) is 0 Å². The summed E-state index contributed by atoms with van der Waals surface area (Å²) in [6.45, 7) is 24.8. The summed E-state index contributed by atoms with van der Waals surface area (Å²) in [5.74, 6) is 3.11. The first-order valence-corrected chi connectivity index (χ1v) is 13.1. The molecule has 0 heterocycles. The second kappa shape index (κ2) is 9.16. The van der Waals surface area contributed by atoms with Gasteiger partial charge in [0, 0.05) is 36.9 Å². The van der Waals surface area contributed by atoms with E-state index in [-0.39, 0.29) is 16.9 Å².